The van der Waals surface area contributed by atoms with Crippen LogP contribution < -0.4 is 0 Å². The highest BCUT2D eigenvalue weighted by Gasteiger charge is 2.16. The van der Waals surface area contributed by atoms with E-state index in [0.29, 0.717) is 30.5 Å². The zero-order chi connectivity index (χ0) is 24.0. The Labute approximate surface area is 206 Å². The molecule has 0 amide bonds. The maximum Gasteiger partial charge on any atom is 0.185 e. The number of para-hydroxylation sites is 1. The molecule has 0 aliphatic carbocycles. The molecule has 0 bridgehead atoms. The van der Waals surface area contributed by atoms with E-state index in [0.717, 1.165) is 34.0 Å². The first-order valence-corrected chi connectivity index (χ1v) is 12.5. The topological polar surface area (TPSA) is 45.5 Å². The quantitative estimate of drug-likeness (QED) is 0.244. The second-order valence-corrected chi connectivity index (χ2v) is 10.5. The summed E-state index contributed by atoms with van der Waals surface area (Å²) in [6, 6.07) is 15.5. The average molecular weight is 512 g/mol. The number of aromatic nitrogens is 1. The predicted molar refractivity (Wildman–Crippen MR) is 142 cm³/mol. The molecule has 0 radical (unpaired) electrons. The smallest absolute Gasteiger partial charge is 0.185 e. The van der Waals surface area contributed by atoms with E-state index in [-0.39, 0.29) is 5.78 Å². The summed E-state index contributed by atoms with van der Waals surface area (Å²) in [6.07, 6.45) is 5.06. The molecule has 0 unspecified atom stereocenters. The van der Waals surface area contributed by atoms with E-state index in [2.05, 4.69) is 65.2 Å². The summed E-state index contributed by atoms with van der Waals surface area (Å²) in [4.78, 5) is 15.0. The van der Waals surface area contributed by atoms with Crippen molar-refractivity contribution in [3.05, 3.63) is 76.4 Å². The molecule has 1 heterocycles. The molecule has 176 valence electrons. The Bertz CT molecular complexity index is 1070. The van der Waals surface area contributed by atoms with Crippen LogP contribution in [0.3, 0.4) is 0 Å². The zero-order valence-corrected chi connectivity index (χ0v) is 21.6. The van der Waals surface area contributed by atoms with Crippen molar-refractivity contribution in [2.24, 2.45) is 11.8 Å². The molecule has 33 heavy (non-hydrogen) atoms. The third kappa shape index (κ3) is 7.39. The van der Waals surface area contributed by atoms with Crippen molar-refractivity contribution in [2.45, 2.75) is 40.3 Å². The van der Waals surface area contributed by atoms with Crippen molar-refractivity contribution < 1.29 is 9.90 Å². The van der Waals surface area contributed by atoms with Crippen LogP contribution in [-0.4, -0.2) is 46.1 Å². The van der Waals surface area contributed by atoms with E-state index in [9.17, 15) is 9.90 Å². The lowest BCUT2D eigenvalue weighted by Gasteiger charge is -2.28. The first kappa shape index (κ1) is 25.4. The lowest BCUT2D eigenvalue weighted by Crippen LogP contribution is -2.39. The number of hydrogen-bond acceptors (Lipinski definition) is 3. The zero-order valence-electron chi connectivity index (χ0n) is 20.0. The molecule has 0 fully saturated rings. The van der Waals surface area contributed by atoms with Gasteiger partial charge in [0.25, 0.3) is 0 Å². The van der Waals surface area contributed by atoms with Crippen molar-refractivity contribution in [3.8, 4) is 0 Å². The average Bonchev–Trinajstić information content (AvgIpc) is 3.09. The fourth-order valence-corrected chi connectivity index (χ4v) is 4.54. The monoisotopic (exact) mass is 510 g/mol. The molecular formula is C28H35BrN2O2. The van der Waals surface area contributed by atoms with Gasteiger partial charge >= 0.3 is 0 Å². The molecule has 3 rings (SSSR count). The fraction of sp³-hybridized carbons (Fsp3) is 0.393. The number of hydrogen-bond donors (Lipinski definition) is 1. The Kier molecular flexibility index (Phi) is 9.07. The van der Waals surface area contributed by atoms with Crippen LogP contribution in [-0.2, 0) is 6.54 Å². The molecule has 3 aromatic rings. The van der Waals surface area contributed by atoms with Crippen LogP contribution in [0.4, 0.5) is 0 Å². The Morgan fingerprint density at radius 2 is 1.64 bits per heavy atom. The number of aliphatic hydroxyl groups is 1. The number of allylic oxidation sites excluding steroid dienone is 1. The Morgan fingerprint density at radius 3 is 2.27 bits per heavy atom. The van der Waals surface area contributed by atoms with Crippen molar-refractivity contribution in [2.75, 3.05) is 19.6 Å². The maximum absolute atomic E-state index is 12.6. The third-order valence-corrected chi connectivity index (χ3v) is 6.01. The number of carbonyl (C=O) groups excluding carboxylic acids is 1. The van der Waals surface area contributed by atoms with Gasteiger partial charge in [-0.05, 0) is 54.3 Å². The van der Waals surface area contributed by atoms with Gasteiger partial charge in [-0.25, -0.2) is 0 Å². The molecule has 0 aliphatic heterocycles. The van der Waals surface area contributed by atoms with Gasteiger partial charge in [-0.1, -0.05) is 61.8 Å². The van der Waals surface area contributed by atoms with E-state index < -0.39 is 6.10 Å². The van der Waals surface area contributed by atoms with Gasteiger partial charge in [0.05, 0.1) is 6.10 Å². The number of aliphatic hydroxyl groups excluding tert-OH is 1. The first-order chi connectivity index (χ1) is 15.7. The summed E-state index contributed by atoms with van der Waals surface area (Å²) in [6.45, 7) is 12.0. The van der Waals surface area contributed by atoms with Crippen molar-refractivity contribution in [1.29, 1.82) is 0 Å². The van der Waals surface area contributed by atoms with Crippen LogP contribution in [0, 0.1) is 11.8 Å². The van der Waals surface area contributed by atoms with Crippen LogP contribution in [0.25, 0.3) is 17.0 Å². The molecule has 0 saturated heterocycles. The molecule has 5 heteroatoms. The molecule has 4 nitrogen and oxygen atoms in total. The summed E-state index contributed by atoms with van der Waals surface area (Å²) >= 11 is 3.40. The van der Waals surface area contributed by atoms with Gasteiger partial charge in [-0.3, -0.25) is 4.79 Å². The minimum absolute atomic E-state index is 0.0302. The van der Waals surface area contributed by atoms with Crippen LogP contribution in [0.5, 0.6) is 0 Å². The van der Waals surface area contributed by atoms with Gasteiger partial charge in [0.2, 0.25) is 0 Å². The van der Waals surface area contributed by atoms with E-state index in [4.69, 9.17) is 0 Å². The highest BCUT2D eigenvalue weighted by Crippen LogP contribution is 2.23. The van der Waals surface area contributed by atoms with Crippen molar-refractivity contribution in [3.63, 3.8) is 0 Å². The highest BCUT2D eigenvalue weighted by molar-refractivity contribution is 9.10. The molecular weight excluding hydrogens is 476 g/mol. The maximum atomic E-state index is 12.6. The highest BCUT2D eigenvalue weighted by atomic mass is 79.9. The summed E-state index contributed by atoms with van der Waals surface area (Å²) in [7, 11) is 0. The summed E-state index contributed by atoms with van der Waals surface area (Å²) in [5.41, 5.74) is 2.69. The molecule has 1 aromatic heterocycles. The minimum Gasteiger partial charge on any atom is -0.390 e. The number of halogens is 1. The van der Waals surface area contributed by atoms with Gasteiger partial charge in [0, 0.05) is 58.9 Å². The first-order valence-electron chi connectivity index (χ1n) is 11.7. The minimum atomic E-state index is -0.473. The lowest BCUT2D eigenvalue weighted by molar-refractivity contribution is 0.0869. The largest absolute Gasteiger partial charge is 0.390 e. The Balaban J connectivity index is 1.77. The standard InChI is InChI=1S/C28H35BrN2O2/c1-20(2)15-30(16-21(3)4)18-25(32)19-31-17-23(26-7-5-6-8-27(26)31)11-14-28(33)22-9-12-24(29)13-10-22/h5-14,17,20-21,25,32H,15-16,18-19H2,1-4H3/b14-11+/t25-/m0/s1. The number of fused-ring (bicyclic) bond motifs is 1. The number of ketones is 1. The normalized spacial score (nSPS) is 13.1. The van der Waals surface area contributed by atoms with Gasteiger partial charge in [-0.2, -0.15) is 0 Å². The van der Waals surface area contributed by atoms with Crippen molar-refractivity contribution >= 4 is 38.7 Å². The van der Waals surface area contributed by atoms with E-state index in [1.54, 1.807) is 6.08 Å². The van der Waals surface area contributed by atoms with Crippen LogP contribution in [0.15, 0.2) is 65.3 Å². The third-order valence-electron chi connectivity index (χ3n) is 5.49. The Morgan fingerprint density at radius 1 is 1.00 bits per heavy atom. The fourth-order valence-electron chi connectivity index (χ4n) is 4.27. The van der Waals surface area contributed by atoms with Crippen LogP contribution >= 0.6 is 15.9 Å². The van der Waals surface area contributed by atoms with Gasteiger partial charge in [-0.15, -0.1) is 0 Å². The SMILES string of the molecule is CC(C)CN(CC(C)C)C[C@H](O)Cn1cc(/C=C/C(=O)c2ccc(Br)cc2)c2ccccc21. The molecule has 0 spiro atoms. The van der Waals surface area contributed by atoms with Gasteiger partial charge < -0.3 is 14.6 Å². The number of rotatable bonds is 11. The number of carbonyl (C=O) groups is 1. The summed E-state index contributed by atoms with van der Waals surface area (Å²) in [5.74, 6) is 1.09. The van der Waals surface area contributed by atoms with Crippen LogP contribution in [0.1, 0.15) is 43.6 Å². The Hall–Kier alpha value is -2.21. The molecule has 0 saturated carbocycles. The second kappa shape index (κ2) is 11.8. The molecule has 1 N–H and O–H groups in total. The van der Waals surface area contributed by atoms with E-state index >= 15 is 0 Å². The molecule has 1 atom stereocenters. The number of nitrogens with zero attached hydrogens (tertiary/aromatic N) is 2. The van der Waals surface area contributed by atoms with Gasteiger partial charge in [0.15, 0.2) is 5.78 Å². The summed E-state index contributed by atoms with van der Waals surface area (Å²) in [5, 5.41) is 12.0. The van der Waals surface area contributed by atoms with Crippen LogP contribution in [0.2, 0.25) is 0 Å². The van der Waals surface area contributed by atoms with Crippen molar-refractivity contribution in [1.82, 2.24) is 9.47 Å². The summed E-state index contributed by atoms with van der Waals surface area (Å²) < 4.78 is 3.05. The second-order valence-electron chi connectivity index (χ2n) is 9.62. The van der Waals surface area contributed by atoms with E-state index in [1.807, 2.05) is 48.7 Å². The predicted octanol–water partition coefficient (Wildman–Crippen LogP) is 6.27. The molecule has 0 aliphatic rings. The van der Waals surface area contributed by atoms with E-state index in [1.165, 1.54) is 0 Å². The number of benzene rings is 2. The van der Waals surface area contributed by atoms with Gasteiger partial charge in [0.1, 0.15) is 0 Å². The lowest BCUT2D eigenvalue weighted by atomic mass is 10.1. The molecule has 2 aromatic carbocycles.